The topological polar surface area (TPSA) is 90.1 Å². The van der Waals surface area contributed by atoms with Crippen LogP contribution in [0.3, 0.4) is 0 Å². The smallest absolute Gasteiger partial charge is 0.224 e. The molecule has 2 heterocycles. The number of anilines is 1. The number of nitrogen functional groups attached to an aromatic ring is 1. The van der Waals surface area contributed by atoms with E-state index in [9.17, 15) is 4.79 Å². The van der Waals surface area contributed by atoms with Gasteiger partial charge in [0.2, 0.25) is 5.91 Å². The molecule has 0 saturated heterocycles. The highest BCUT2D eigenvalue weighted by atomic mass is 16.5. The number of nitrogens with zero attached hydrogens (tertiary/aromatic N) is 2. The van der Waals surface area contributed by atoms with E-state index in [0.717, 1.165) is 29.7 Å². The summed E-state index contributed by atoms with van der Waals surface area (Å²) in [6.45, 7) is 4.51. The first-order valence-corrected chi connectivity index (χ1v) is 8.52. The fraction of sp³-hybridized carbons (Fsp3) is 0.421. The molecule has 130 valence electrons. The summed E-state index contributed by atoms with van der Waals surface area (Å²) in [5, 5.41) is 2.99. The van der Waals surface area contributed by atoms with E-state index < -0.39 is 0 Å². The summed E-state index contributed by atoms with van der Waals surface area (Å²) in [7, 11) is 0. The summed E-state index contributed by atoms with van der Waals surface area (Å²) < 4.78 is 6.10. The number of benzene rings is 1. The number of para-hydroxylation sites is 1. The molecule has 3 N–H and O–H groups in total. The molecule has 1 amide bonds. The van der Waals surface area contributed by atoms with E-state index in [4.69, 9.17) is 10.5 Å². The van der Waals surface area contributed by atoms with Gasteiger partial charge in [0.25, 0.3) is 0 Å². The van der Waals surface area contributed by atoms with Gasteiger partial charge in [-0.25, -0.2) is 9.97 Å². The SMILES string of the molecule is CC1(C)C[C@@]2(C[C@@H]2C(=O)NCc2cncnc2N)c2ccccc2O1. The normalized spacial score (nSPS) is 25.8. The van der Waals surface area contributed by atoms with Crippen LogP contribution in [0.2, 0.25) is 0 Å². The Balaban J connectivity index is 1.52. The molecular formula is C19H22N4O2. The number of aromatic nitrogens is 2. The third-order valence-electron chi connectivity index (χ3n) is 5.22. The monoisotopic (exact) mass is 338 g/mol. The fourth-order valence-electron chi connectivity index (χ4n) is 4.11. The van der Waals surface area contributed by atoms with Crippen LogP contribution in [0.4, 0.5) is 5.82 Å². The number of nitrogens with one attached hydrogen (secondary N) is 1. The maximum atomic E-state index is 12.8. The van der Waals surface area contributed by atoms with E-state index in [2.05, 4.69) is 35.2 Å². The molecule has 0 bridgehead atoms. The summed E-state index contributed by atoms with van der Waals surface area (Å²) in [6, 6.07) is 8.06. The zero-order valence-electron chi connectivity index (χ0n) is 14.5. The molecule has 1 aromatic carbocycles. The van der Waals surface area contributed by atoms with Crippen LogP contribution in [0.1, 0.15) is 37.8 Å². The van der Waals surface area contributed by atoms with E-state index in [1.165, 1.54) is 6.33 Å². The van der Waals surface area contributed by atoms with Gasteiger partial charge in [-0.2, -0.15) is 0 Å². The number of ether oxygens (including phenoxy) is 1. The van der Waals surface area contributed by atoms with Crippen molar-refractivity contribution in [2.45, 2.75) is 44.2 Å². The molecular weight excluding hydrogens is 316 g/mol. The summed E-state index contributed by atoms with van der Waals surface area (Å²) in [5.74, 6) is 1.31. The number of hydrogen-bond acceptors (Lipinski definition) is 5. The summed E-state index contributed by atoms with van der Waals surface area (Å²) in [4.78, 5) is 20.7. The molecule has 1 saturated carbocycles. The van der Waals surface area contributed by atoms with Gasteiger partial charge in [0.05, 0.1) is 0 Å². The van der Waals surface area contributed by atoms with Crippen LogP contribution in [0.25, 0.3) is 0 Å². The van der Waals surface area contributed by atoms with Crippen LogP contribution in [-0.2, 0) is 16.8 Å². The predicted molar refractivity (Wildman–Crippen MR) is 93.8 cm³/mol. The second-order valence-corrected chi connectivity index (χ2v) is 7.60. The summed E-state index contributed by atoms with van der Waals surface area (Å²) >= 11 is 0. The van der Waals surface area contributed by atoms with Crippen LogP contribution in [-0.4, -0.2) is 21.5 Å². The van der Waals surface area contributed by atoms with Crippen molar-refractivity contribution in [3.63, 3.8) is 0 Å². The number of hydrogen-bond donors (Lipinski definition) is 2. The Morgan fingerprint density at radius 1 is 1.40 bits per heavy atom. The molecule has 6 nitrogen and oxygen atoms in total. The lowest BCUT2D eigenvalue weighted by molar-refractivity contribution is -0.123. The van der Waals surface area contributed by atoms with Gasteiger partial charge >= 0.3 is 0 Å². The molecule has 4 rings (SSSR count). The lowest BCUT2D eigenvalue weighted by atomic mass is 9.80. The standard InChI is InChI=1S/C19H22N4O2/c1-18(2)10-19(13-5-3-4-6-15(13)25-18)7-14(19)17(24)22-9-12-8-21-11-23-16(12)20/h3-6,8,11,14H,7,9-10H2,1-2H3,(H,22,24)(H2,20,21,23)/t14-,19+/m1/s1. The lowest BCUT2D eigenvalue weighted by Gasteiger charge is -2.38. The average molecular weight is 338 g/mol. The Hall–Kier alpha value is -2.63. The fourth-order valence-corrected chi connectivity index (χ4v) is 4.11. The highest BCUT2D eigenvalue weighted by molar-refractivity contribution is 5.85. The molecule has 2 aromatic rings. The van der Waals surface area contributed by atoms with Crippen molar-refractivity contribution in [3.8, 4) is 5.75 Å². The van der Waals surface area contributed by atoms with Crippen molar-refractivity contribution in [3.05, 3.63) is 47.9 Å². The molecule has 0 radical (unpaired) electrons. The molecule has 1 aliphatic heterocycles. The largest absolute Gasteiger partial charge is 0.488 e. The highest BCUT2D eigenvalue weighted by Crippen LogP contribution is 2.63. The lowest BCUT2D eigenvalue weighted by Crippen LogP contribution is -2.40. The van der Waals surface area contributed by atoms with E-state index in [1.807, 2.05) is 18.2 Å². The molecule has 2 atom stereocenters. The van der Waals surface area contributed by atoms with Gasteiger partial charge in [0, 0.05) is 35.2 Å². The van der Waals surface area contributed by atoms with E-state index in [1.54, 1.807) is 6.20 Å². The Morgan fingerprint density at radius 3 is 3.00 bits per heavy atom. The first-order chi connectivity index (χ1) is 11.9. The van der Waals surface area contributed by atoms with Crippen molar-refractivity contribution in [1.29, 1.82) is 0 Å². The van der Waals surface area contributed by atoms with E-state index >= 15 is 0 Å². The minimum atomic E-state index is -0.277. The number of carbonyl (C=O) groups excluding carboxylic acids is 1. The highest BCUT2D eigenvalue weighted by Gasteiger charge is 2.63. The molecule has 1 aliphatic carbocycles. The van der Waals surface area contributed by atoms with Crippen molar-refractivity contribution in [2.75, 3.05) is 5.73 Å². The van der Waals surface area contributed by atoms with Gasteiger partial charge in [-0.15, -0.1) is 0 Å². The predicted octanol–water partition coefficient (Wildman–Crippen LogP) is 2.19. The van der Waals surface area contributed by atoms with E-state index in [-0.39, 0.29) is 22.8 Å². The molecule has 1 fully saturated rings. The van der Waals surface area contributed by atoms with Crippen LogP contribution in [0.5, 0.6) is 5.75 Å². The first-order valence-electron chi connectivity index (χ1n) is 8.52. The maximum Gasteiger partial charge on any atom is 0.224 e. The minimum Gasteiger partial charge on any atom is -0.488 e. The second-order valence-electron chi connectivity index (χ2n) is 7.60. The van der Waals surface area contributed by atoms with Crippen LogP contribution in [0, 0.1) is 5.92 Å². The number of fused-ring (bicyclic) bond motifs is 2. The Labute approximate surface area is 146 Å². The number of carbonyl (C=O) groups is 1. The number of amides is 1. The maximum absolute atomic E-state index is 12.8. The average Bonchev–Trinajstić information content (AvgIpc) is 3.27. The van der Waals surface area contributed by atoms with Crippen molar-refractivity contribution >= 4 is 11.7 Å². The number of rotatable bonds is 3. The molecule has 1 spiro atoms. The van der Waals surface area contributed by atoms with Gasteiger partial charge in [0.1, 0.15) is 23.5 Å². The molecule has 25 heavy (non-hydrogen) atoms. The summed E-state index contributed by atoms with van der Waals surface area (Å²) in [6.07, 6.45) is 4.73. The van der Waals surface area contributed by atoms with Crippen LogP contribution in [0.15, 0.2) is 36.8 Å². The van der Waals surface area contributed by atoms with Crippen LogP contribution >= 0.6 is 0 Å². The van der Waals surface area contributed by atoms with Gasteiger partial charge in [-0.1, -0.05) is 18.2 Å². The van der Waals surface area contributed by atoms with Gasteiger partial charge < -0.3 is 15.8 Å². The minimum absolute atomic E-state index is 0.0392. The molecule has 6 heteroatoms. The third kappa shape index (κ3) is 2.71. The Bertz CT molecular complexity index is 836. The third-order valence-corrected chi connectivity index (χ3v) is 5.22. The van der Waals surface area contributed by atoms with Crippen molar-refractivity contribution in [1.82, 2.24) is 15.3 Å². The quantitative estimate of drug-likeness (QED) is 0.895. The van der Waals surface area contributed by atoms with Crippen molar-refractivity contribution in [2.24, 2.45) is 5.92 Å². The molecule has 0 unspecified atom stereocenters. The van der Waals surface area contributed by atoms with Gasteiger partial charge in [-0.05, 0) is 32.8 Å². The molecule has 2 aliphatic rings. The number of nitrogens with two attached hydrogens (primary N) is 1. The first kappa shape index (κ1) is 15.9. The Morgan fingerprint density at radius 2 is 2.20 bits per heavy atom. The van der Waals surface area contributed by atoms with Crippen LogP contribution < -0.4 is 15.8 Å². The second kappa shape index (κ2) is 5.44. The Kier molecular flexibility index (Phi) is 3.45. The van der Waals surface area contributed by atoms with Gasteiger partial charge in [-0.3, -0.25) is 4.79 Å². The van der Waals surface area contributed by atoms with E-state index in [0.29, 0.717) is 12.4 Å². The zero-order chi connectivity index (χ0) is 17.7. The zero-order valence-corrected chi connectivity index (χ0v) is 14.5. The molecule has 1 aromatic heterocycles. The van der Waals surface area contributed by atoms with Gasteiger partial charge in [0.15, 0.2) is 0 Å². The van der Waals surface area contributed by atoms with Crippen molar-refractivity contribution < 1.29 is 9.53 Å². The summed E-state index contributed by atoms with van der Waals surface area (Å²) in [5.41, 5.74) is 7.30.